The summed E-state index contributed by atoms with van der Waals surface area (Å²) < 4.78 is 183. The van der Waals surface area contributed by atoms with Crippen LogP contribution in [0.25, 0.3) is 0 Å². The molecule has 1 spiro atoms. The van der Waals surface area contributed by atoms with E-state index in [1.165, 1.54) is 13.8 Å². The van der Waals surface area contributed by atoms with Crippen molar-refractivity contribution in [1.29, 1.82) is 0 Å². The van der Waals surface area contributed by atoms with Gasteiger partial charge in [0.25, 0.3) is 0 Å². The van der Waals surface area contributed by atoms with Gasteiger partial charge in [-0.25, -0.2) is 25.3 Å². The van der Waals surface area contributed by atoms with Crippen molar-refractivity contribution in [3.8, 4) is 0 Å². The molecule has 0 aromatic heterocycles. The molecule has 5 aliphatic heterocycles. The summed E-state index contributed by atoms with van der Waals surface area (Å²) in [5.41, 5.74) is -0.465. The molecule has 7 N–H and O–H groups in total. The second-order valence-electron chi connectivity index (χ2n) is 26.4. The molecule has 28 atom stereocenters. The zero-order chi connectivity index (χ0) is 66.3. The number of rotatable bonds is 21. The van der Waals surface area contributed by atoms with Gasteiger partial charge in [-0.1, -0.05) is 51.0 Å². The summed E-state index contributed by atoms with van der Waals surface area (Å²) in [4.78, 5) is 27.2. The fraction of sp³-hybridized carbons (Fsp3) is 0.891. The Labute approximate surface area is 606 Å². The van der Waals surface area contributed by atoms with Crippen molar-refractivity contribution in [3.63, 3.8) is 0 Å². The van der Waals surface area contributed by atoms with Gasteiger partial charge in [0.2, 0.25) is 31.2 Å². The molecule has 5 heterocycles. The predicted molar refractivity (Wildman–Crippen MR) is 292 cm³/mol. The number of fused-ring (bicyclic) bond motifs is 4. The van der Waals surface area contributed by atoms with Crippen LogP contribution in [0.2, 0.25) is 0 Å². The SMILES string of the molecule is CO[C@@H]1[C@@H](O)[C@H](O[C@@H]2[C@@H](O)[C@H](O[C@H]3[C@H](O)[C@@H](O)[C@H](O[C@H]4[C@H](O[C@H]5CC[C@]6(C)[C@H]7CCC89C(=O)O[C@@H](CCC=C(C)C)C8[C@@H](OC(C)=O)C[C@@]9(C)C7=CC[C@H]6C5(C)C)OC[C@@H](OS(=O)(=O)[O-])[C@@H]4O)O[C@@H]3C)O[C@H](COS(=O)(=O)[O-])[C@H]2O)O[C@H](COS(=O)(=O)[O-])[C@H]1O.[Na+].[Na+].[Na+]. The van der Waals surface area contributed by atoms with E-state index >= 15 is 0 Å². The zero-order valence-corrected chi connectivity index (χ0v) is 62.4. The van der Waals surface area contributed by atoms with Crippen LogP contribution in [0, 0.1) is 39.4 Å². The number of hydrogen-bond donors (Lipinski definition) is 7. The van der Waals surface area contributed by atoms with E-state index in [0.717, 1.165) is 18.3 Å². The van der Waals surface area contributed by atoms with Crippen molar-refractivity contribution in [2.75, 3.05) is 26.9 Å². The van der Waals surface area contributed by atoms with E-state index in [2.05, 4.69) is 38.5 Å². The second-order valence-corrected chi connectivity index (χ2v) is 29.5. The third-order valence-electron chi connectivity index (χ3n) is 20.5. The van der Waals surface area contributed by atoms with Gasteiger partial charge in [0, 0.05) is 19.4 Å². The monoisotopic (exact) mass is 1420 g/mol. The van der Waals surface area contributed by atoms with Crippen molar-refractivity contribution < 1.29 is 238 Å². The van der Waals surface area contributed by atoms with Gasteiger partial charge in [-0.15, -0.1) is 0 Å². The Bertz CT molecular complexity index is 3020. The number of cyclic esters (lactones) is 1. The number of methoxy groups -OCH3 is 1. The maximum atomic E-state index is 14.5. The van der Waals surface area contributed by atoms with E-state index in [1.54, 1.807) is 0 Å². The number of ether oxygens (including phenoxy) is 11. The summed E-state index contributed by atoms with van der Waals surface area (Å²) in [5, 5.41) is 80.1. The smallest absolute Gasteiger partial charge is 0.726 e. The van der Waals surface area contributed by atoms with E-state index in [-0.39, 0.29) is 118 Å². The fourth-order valence-electron chi connectivity index (χ4n) is 16.4. The van der Waals surface area contributed by atoms with Crippen LogP contribution in [0.1, 0.15) is 107 Å². The molecule has 9 rings (SSSR count). The molecule has 9 aliphatic rings. The molecule has 0 amide bonds. The van der Waals surface area contributed by atoms with E-state index in [1.807, 2.05) is 27.7 Å². The summed E-state index contributed by atoms with van der Waals surface area (Å²) in [7, 11) is -15.4. The zero-order valence-electron chi connectivity index (χ0n) is 53.9. The summed E-state index contributed by atoms with van der Waals surface area (Å²) >= 11 is 0. The van der Waals surface area contributed by atoms with Crippen LogP contribution < -0.4 is 88.7 Å². The Kier molecular flexibility index (Phi) is 27.9. The standard InChI is InChI=1S/C55H86O32S3.3Na/c1-23(2)11-10-12-28-35-29(79-25(4)56)19-54(8)27-13-14-33-52(5,6)34(16-17-53(33,7)26(27)15-18-55(35,54)51(64)82-28)83-50-46(38(59)32(20-75-50)87-90(71,72)73)86-47-40(61)39(60)43(24(3)78-47)84-49-42(63)45(37(58)31(81-49)22-77-89(68,69)70)85-48-41(62)44(74-9)36(57)30(80-48)21-76-88(65,66)67;;;/h11,13,24,26,28-50,57-63H,10,12,14-22H2,1-9H3,(H,65,66,67)(H,68,69,70)(H,71,72,73);;;/q;3*+1/p-3/t24-,26+,28+,29+,30-,31-,32-,33+,34+,35?,36-,37-,38+,39-,40-,41-,42-,43-,44+,45+,46-,47+,48+,49+,50+,53-,54+,55?;;;/m1.../s1. The molecule has 38 heteroatoms. The van der Waals surface area contributed by atoms with Crippen molar-refractivity contribution in [3.05, 3.63) is 23.3 Å². The maximum Gasteiger partial charge on any atom is 1.00 e. The predicted octanol–water partition coefficient (Wildman–Crippen LogP) is -10.8. The Morgan fingerprint density at radius 3 is 1.78 bits per heavy atom. The second kappa shape index (κ2) is 31.6. The van der Waals surface area contributed by atoms with Crippen LogP contribution in [0.4, 0.5) is 0 Å². The van der Waals surface area contributed by atoms with E-state index in [4.69, 9.17) is 52.1 Å². The van der Waals surface area contributed by atoms with Crippen LogP contribution in [-0.4, -0.2) is 249 Å². The van der Waals surface area contributed by atoms with E-state index in [0.29, 0.717) is 51.4 Å². The summed E-state index contributed by atoms with van der Waals surface area (Å²) in [6.45, 7) is 11.9. The molecule has 0 radical (unpaired) electrons. The van der Waals surface area contributed by atoms with Crippen LogP contribution in [-0.2, 0) is 105 Å². The molecule has 5 saturated heterocycles. The third-order valence-corrected chi connectivity index (χ3v) is 21.8. The van der Waals surface area contributed by atoms with Gasteiger partial charge in [0.05, 0.1) is 43.4 Å². The third kappa shape index (κ3) is 16.9. The number of aliphatic hydroxyl groups excluding tert-OH is 7. The normalized spacial score (nSPS) is 44.7. The van der Waals surface area contributed by atoms with Crippen molar-refractivity contribution in [1.82, 2.24) is 0 Å². The molecule has 8 fully saturated rings. The molecular weight excluding hydrogens is 1340 g/mol. The maximum absolute atomic E-state index is 14.5. The summed E-state index contributed by atoms with van der Waals surface area (Å²) in [5.74, 6) is -1.17. The molecule has 0 bridgehead atoms. The van der Waals surface area contributed by atoms with Crippen LogP contribution in [0.3, 0.4) is 0 Å². The Balaban J connectivity index is 0.00000457. The number of allylic oxidation sites excluding steroid dienone is 4. The molecule has 4 aliphatic carbocycles. The first-order valence-electron chi connectivity index (χ1n) is 29.8. The van der Waals surface area contributed by atoms with Gasteiger partial charge < -0.3 is 102 Å². The summed E-state index contributed by atoms with van der Waals surface area (Å²) in [6.07, 6.45) is -30.4. The van der Waals surface area contributed by atoms with Crippen LogP contribution in [0.15, 0.2) is 23.3 Å². The average Bonchev–Trinajstić information content (AvgIpc) is 1.55. The number of esters is 2. The molecule has 3 saturated carbocycles. The number of carbonyl (C=O) groups excluding carboxylic acids is 2. The van der Waals surface area contributed by atoms with Crippen molar-refractivity contribution in [2.24, 2.45) is 39.4 Å². The average molecular weight is 1420 g/mol. The topological polar surface area (TPSA) is 477 Å². The molecule has 0 aromatic rings. The van der Waals surface area contributed by atoms with Gasteiger partial charge in [-0.05, 0) is 94.8 Å². The molecule has 516 valence electrons. The number of aliphatic hydroxyl groups is 7. The van der Waals surface area contributed by atoms with Gasteiger partial charge >= 0.3 is 101 Å². The van der Waals surface area contributed by atoms with Crippen molar-refractivity contribution in [2.45, 2.75) is 242 Å². The Hall–Kier alpha value is 0.390. The first kappa shape index (κ1) is 82.3. The first-order chi connectivity index (χ1) is 41.8. The minimum Gasteiger partial charge on any atom is -0.726 e. The quantitative estimate of drug-likeness (QED) is 0.0184. The first-order valence-corrected chi connectivity index (χ1v) is 33.8. The van der Waals surface area contributed by atoms with Crippen molar-refractivity contribution >= 4 is 43.1 Å². The van der Waals surface area contributed by atoms with E-state index < -0.39 is 208 Å². The van der Waals surface area contributed by atoms with Crippen LogP contribution >= 0.6 is 0 Å². The van der Waals surface area contributed by atoms with Gasteiger partial charge in [0.1, 0.15) is 97.7 Å². The molecule has 93 heavy (non-hydrogen) atoms. The fourth-order valence-corrected chi connectivity index (χ4v) is 17.5. The van der Waals surface area contributed by atoms with E-state index in [9.17, 15) is 84.2 Å². The minimum atomic E-state index is -5.51. The molecular formula is C55H83Na3O32S3. The minimum absolute atomic E-state index is 0. The molecule has 0 aromatic carbocycles. The Morgan fingerprint density at radius 2 is 1.23 bits per heavy atom. The molecule has 2 unspecified atom stereocenters. The Morgan fingerprint density at radius 1 is 0.667 bits per heavy atom. The number of hydrogen-bond acceptors (Lipinski definition) is 32. The van der Waals surface area contributed by atoms with Gasteiger partial charge in [-0.3, -0.25) is 22.1 Å². The van der Waals surface area contributed by atoms with Gasteiger partial charge in [-0.2, -0.15) is 0 Å². The molecule has 32 nitrogen and oxygen atoms in total. The van der Waals surface area contributed by atoms with Crippen LogP contribution in [0.5, 0.6) is 0 Å². The number of carbonyl (C=O) groups is 2. The van der Waals surface area contributed by atoms with Gasteiger partial charge in [0.15, 0.2) is 25.2 Å². The largest absolute Gasteiger partial charge is 1.00 e. The summed E-state index contributed by atoms with van der Waals surface area (Å²) in [6, 6.07) is 0.